The van der Waals surface area contributed by atoms with Crippen molar-refractivity contribution in [3.63, 3.8) is 0 Å². The molecule has 0 saturated heterocycles. The van der Waals surface area contributed by atoms with Crippen molar-refractivity contribution in [2.45, 2.75) is 6.92 Å². The molecule has 25 heavy (non-hydrogen) atoms. The summed E-state index contributed by atoms with van der Waals surface area (Å²) in [5.41, 5.74) is 5.16. The Balaban J connectivity index is 2.07. The second-order valence-electron chi connectivity index (χ2n) is 6.34. The van der Waals surface area contributed by atoms with Gasteiger partial charge in [-0.15, -0.1) is 0 Å². The van der Waals surface area contributed by atoms with E-state index in [2.05, 4.69) is 30.3 Å². The number of halogens is 1. The lowest BCUT2D eigenvalue weighted by Crippen LogP contribution is -1.88. The van der Waals surface area contributed by atoms with Crippen LogP contribution in [0.4, 0.5) is 4.39 Å². The van der Waals surface area contributed by atoms with E-state index in [0.29, 0.717) is 5.58 Å². The molecule has 0 N–H and O–H groups in total. The van der Waals surface area contributed by atoms with Gasteiger partial charge in [-0.05, 0) is 41.0 Å². The van der Waals surface area contributed by atoms with E-state index < -0.39 is 0 Å². The molecule has 1 heterocycles. The Labute approximate surface area is 144 Å². The average Bonchev–Trinajstić information content (AvgIpc) is 2.98. The van der Waals surface area contributed by atoms with Crippen LogP contribution in [0.25, 0.3) is 44.0 Å². The Morgan fingerprint density at radius 1 is 0.680 bits per heavy atom. The van der Waals surface area contributed by atoms with Gasteiger partial charge in [0.05, 0.1) is 0 Å². The van der Waals surface area contributed by atoms with Gasteiger partial charge in [-0.25, -0.2) is 4.39 Å². The number of hydrogen-bond acceptors (Lipinski definition) is 1. The van der Waals surface area contributed by atoms with Gasteiger partial charge in [-0.3, -0.25) is 0 Å². The number of aryl methyl sites for hydroxylation is 1. The molecule has 0 unspecified atom stereocenters. The highest BCUT2D eigenvalue weighted by Gasteiger charge is 2.24. The van der Waals surface area contributed by atoms with E-state index in [9.17, 15) is 4.39 Å². The van der Waals surface area contributed by atoms with Gasteiger partial charge in [0, 0.05) is 22.6 Å². The lowest BCUT2D eigenvalue weighted by atomic mass is 9.96. The summed E-state index contributed by atoms with van der Waals surface area (Å²) >= 11 is 0. The smallest absolute Gasteiger partial charge is 0.137 e. The van der Waals surface area contributed by atoms with Crippen LogP contribution in [0.15, 0.2) is 77.2 Å². The quantitative estimate of drug-likeness (QED) is 0.330. The highest BCUT2D eigenvalue weighted by molar-refractivity contribution is 6.20. The van der Waals surface area contributed by atoms with Crippen molar-refractivity contribution in [1.29, 1.82) is 0 Å². The maximum Gasteiger partial charge on any atom is 0.137 e. The van der Waals surface area contributed by atoms with Crippen molar-refractivity contribution in [2.24, 2.45) is 0 Å². The van der Waals surface area contributed by atoms with Gasteiger partial charge in [0.25, 0.3) is 0 Å². The first-order valence-electron chi connectivity index (χ1n) is 8.32. The summed E-state index contributed by atoms with van der Waals surface area (Å²) in [6.07, 6.45) is 0. The van der Waals surface area contributed by atoms with Gasteiger partial charge in [0.15, 0.2) is 0 Å². The molecule has 0 aromatic heterocycles. The summed E-state index contributed by atoms with van der Waals surface area (Å²) in [6.45, 7) is 1.95. The minimum Gasteiger partial charge on any atom is -0.461 e. The molecule has 3 aromatic rings. The zero-order valence-electron chi connectivity index (χ0n) is 13.7. The summed E-state index contributed by atoms with van der Waals surface area (Å²) in [5.74, 6) is 0.527. The van der Waals surface area contributed by atoms with Crippen molar-refractivity contribution in [3.05, 3.63) is 84.4 Å². The average molecular weight is 326 g/mol. The lowest BCUT2D eigenvalue weighted by molar-refractivity contribution is 0.561. The molecule has 2 heteroatoms. The normalized spacial score (nSPS) is 11.6. The van der Waals surface area contributed by atoms with E-state index in [1.165, 1.54) is 28.5 Å². The molecule has 0 fully saturated rings. The fourth-order valence-corrected chi connectivity index (χ4v) is 3.86. The van der Waals surface area contributed by atoms with Crippen LogP contribution in [0.5, 0.6) is 0 Å². The van der Waals surface area contributed by atoms with Crippen molar-refractivity contribution in [1.82, 2.24) is 0 Å². The fraction of sp³-hybridized carbons (Fsp3) is 0.0435. The largest absolute Gasteiger partial charge is 0.461 e. The summed E-state index contributed by atoms with van der Waals surface area (Å²) in [6, 6.07) is 23.5. The predicted molar refractivity (Wildman–Crippen MR) is 100 cm³/mol. The molecule has 1 nitrogen and oxygen atoms in total. The highest BCUT2D eigenvalue weighted by Crippen LogP contribution is 2.49. The zero-order valence-corrected chi connectivity index (χ0v) is 13.7. The SMILES string of the molecule is Cc1oc2cc(F)ccc2c2c(-c3ccccc3)c3ccccc3c1-2. The topological polar surface area (TPSA) is 13.1 Å². The van der Waals surface area contributed by atoms with Gasteiger partial charge >= 0.3 is 0 Å². The molecule has 5 rings (SSSR count). The minimum absolute atomic E-state index is 0.285. The van der Waals surface area contributed by atoms with Crippen molar-refractivity contribution in [2.75, 3.05) is 0 Å². The first kappa shape index (κ1) is 14.2. The molecule has 0 radical (unpaired) electrons. The van der Waals surface area contributed by atoms with E-state index in [1.807, 2.05) is 37.3 Å². The predicted octanol–water partition coefficient (Wildman–Crippen LogP) is 6.81. The summed E-state index contributed by atoms with van der Waals surface area (Å²) in [4.78, 5) is 0. The van der Waals surface area contributed by atoms with E-state index in [0.717, 1.165) is 27.8 Å². The second-order valence-corrected chi connectivity index (χ2v) is 6.34. The lowest BCUT2D eigenvalue weighted by Gasteiger charge is -2.12. The van der Waals surface area contributed by atoms with E-state index in [-0.39, 0.29) is 5.82 Å². The molecule has 1 aliphatic heterocycles. The third-order valence-corrected chi connectivity index (χ3v) is 4.86. The Hall–Kier alpha value is -3.13. The summed E-state index contributed by atoms with van der Waals surface area (Å²) in [7, 11) is 0. The van der Waals surface area contributed by atoms with Crippen LogP contribution in [-0.2, 0) is 0 Å². The minimum atomic E-state index is -0.285. The first-order valence-corrected chi connectivity index (χ1v) is 8.32. The molecular weight excluding hydrogens is 311 g/mol. The van der Waals surface area contributed by atoms with Crippen LogP contribution in [0.1, 0.15) is 5.76 Å². The maximum atomic E-state index is 13.7. The first-order chi connectivity index (χ1) is 12.2. The van der Waals surface area contributed by atoms with Crippen LogP contribution < -0.4 is 0 Å². The number of hydrogen-bond donors (Lipinski definition) is 0. The Morgan fingerprint density at radius 2 is 1.36 bits per heavy atom. The Bertz CT molecular complexity index is 1200. The molecule has 3 aromatic carbocycles. The van der Waals surface area contributed by atoms with Crippen molar-refractivity contribution in [3.8, 4) is 22.3 Å². The molecule has 0 saturated carbocycles. The van der Waals surface area contributed by atoms with Gasteiger partial charge in [0.2, 0.25) is 0 Å². The van der Waals surface area contributed by atoms with Gasteiger partial charge < -0.3 is 4.42 Å². The number of fused-ring (bicyclic) bond motifs is 5. The molecule has 120 valence electrons. The molecule has 1 aliphatic carbocycles. The summed E-state index contributed by atoms with van der Waals surface area (Å²) in [5, 5.41) is 3.31. The van der Waals surface area contributed by atoms with Crippen LogP contribution in [0.3, 0.4) is 0 Å². The number of benzene rings is 3. The maximum absolute atomic E-state index is 13.7. The van der Waals surface area contributed by atoms with E-state index >= 15 is 0 Å². The third-order valence-electron chi connectivity index (χ3n) is 4.86. The van der Waals surface area contributed by atoms with Crippen molar-refractivity contribution >= 4 is 21.7 Å². The number of rotatable bonds is 1. The fourth-order valence-electron chi connectivity index (χ4n) is 3.86. The highest BCUT2D eigenvalue weighted by atomic mass is 19.1. The van der Waals surface area contributed by atoms with Crippen LogP contribution >= 0.6 is 0 Å². The Morgan fingerprint density at radius 3 is 2.12 bits per heavy atom. The summed E-state index contributed by atoms with van der Waals surface area (Å²) < 4.78 is 19.7. The van der Waals surface area contributed by atoms with Crippen LogP contribution in [0, 0.1) is 12.7 Å². The molecule has 2 aliphatic rings. The molecule has 0 amide bonds. The molecule has 0 atom stereocenters. The standard InChI is InChI=1S/C23H15FO/c1-14-21-17-9-5-6-10-18(17)22(15-7-3-2-4-8-15)23(21)19-12-11-16(24)13-20(19)25-14/h2-13H,1H3. The van der Waals surface area contributed by atoms with Crippen LogP contribution in [0.2, 0.25) is 0 Å². The molecular formula is C23H15FO. The Kier molecular flexibility index (Phi) is 2.95. The van der Waals surface area contributed by atoms with Gasteiger partial charge in [-0.2, -0.15) is 0 Å². The van der Waals surface area contributed by atoms with Gasteiger partial charge in [0.1, 0.15) is 17.2 Å². The van der Waals surface area contributed by atoms with Gasteiger partial charge in [-0.1, -0.05) is 54.6 Å². The molecule has 0 bridgehead atoms. The third kappa shape index (κ3) is 2.01. The van der Waals surface area contributed by atoms with E-state index in [1.54, 1.807) is 0 Å². The molecule has 0 spiro atoms. The monoisotopic (exact) mass is 326 g/mol. The zero-order chi connectivity index (χ0) is 17.0. The second kappa shape index (κ2) is 5.18. The van der Waals surface area contributed by atoms with E-state index in [4.69, 9.17) is 4.42 Å². The van der Waals surface area contributed by atoms with Crippen LogP contribution in [-0.4, -0.2) is 0 Å². The van der Waals surface area contributed by atoms with Crippen molar-refractivity contribution < 1.29 is 8.81 Å².